The topological polar surface area (TPSA) is 79.3 Å². The van der Waals surface area contributed by atoms with Crippen LogP contribution in [0.1, 0.15) is 32.3 Å². The first-order chi connectivity index (χ1) is 9.76. The van der Waals surface area contributed by atoms with Crippen LogP contribution in [0.3, 0.4) is 0 Å². The van der Waals surface area contributed by atoms with Gasteiger partial charge in [0.2, 0.25) is 0 Å². The van der Waals surface area contributed by atoms with E-state index in [1.807, 2.05) is 6.92 Å². The lowest BCUT2D eigenvalue weighted by molar-refractivity contribution is 0.170. The summed E-state index contributed by atoms with van der Waals surface area (Å²) < 4.78 is 5.17. The van der Waals surface area contributed by atoms with Crippen LogP contribution in [0.2, 0.25) is 0 Å². The highest BCUT2D eigenvalue weighted by atomic mass is 16.5. The van der Waals surface area contributed by atoms with Crippen molar-refractivity contribution in [2.75, 3.05) is 37.5 Å². The van der Waals surface area contributed by atoms with Crippen molar-refractivity contribution in [1.29, 1.82) is 0 Å². The first kappa shape index (κ1) is 16.7. The molecule has 1 atom stereocenters. The Balaban J connectivity index is 2.93. The number of nitrogens with zero attached hydrogens (tertiary/aromatic N) is 2. The number of aliphatic hydroxyl groups is 1. The molecule has 114 valence electrons. The maximum atomic E-state index is 9.11. The molecule has 0 amide bonds. The summed E-state index contributed by atoms with van der Waals surface area (Å²) in [5, 5.41) is 15.7. The quantitative estimate of drug-likeness (QED) is 0.606. The minimum Gasteiger partial charge on any atom is -0.396 e. The molecule has 0 bridgehead atoms. The van der Waals surface area contributed by atoms with E-state index in [2.05, 4.69) is 27.5 Å². The third-order valence-corrected chi connectivity index (χ3v) is 2.98. The normalized spacial score (nSPS) is 12.2. The van der Waals surface area contributed by atoms with Crippen LogP contribution in [-0.2, 0) is 11.2 Å². The summed E-state index contributed by atoms with van der Waals surface area (Å²) >= 11 is 0. The Morgan fingerprint density at radius 1 is 1.30 bits per heavy atom. The lowest BCUT2D eigenvalue weighted by Crippen LogP contribution is -2.27. The van der Waals surface area contributed by atoms with Crippen molar-refractivity contribution < 1.29 is 9.84 Å². The second kappa shape index (κ2) is 9.50. The van der Waals surface area contributed by atoms with Crippen LogP contribution in [0.4, 0.5) is 11.6 Å². The molecule has 0 aliphatic heterocycles. The molecule has 1 aromatic rings. The molecule has 0 spiro atoms. The van der Waals surface area contributed by atoms with Crippen molar-refractivity contribution in [3.05, 3.63) is 11.9 Å². The van der Waals surface area contributed by atoms with Crippen LogP contribution in [0.25, 0.3) is 0 Å². The molecule has 20 heavy (non-hydrogen) atoms. The van der Waals surface area contributed by atoms with E-state index in [1.165, 1.54) is 0 Å². The van der Waals surface area contributed by atoms with Crippen molar-refractivity contribution in [2.24, 2.45) is 0 Å². The molecular formula is C14H26N4O2. The molecule has 1 rings (SSSR count). The first-order valence-corrected chi connectivity index (χ1v) is 7.20. The number of nitrogens with one attached hydrogen (secondary N) is 2. The lowest BCUT2D eigenvalue weighted by Gasteiger charge is -2.20. The second-order valence-electron chi connectivity index (χ2n) is 4.64. The minimum absolute atomic E-state index is 0.0463. The van der Waals surface area contributed by atoms with E-state index in [0.717, 1.165) is 36.6 Å². The lowest BCUT2D eigenvalue weighted by atomic mass is 10.1. The van der Waals surface area contributed by atoms with Crippen molar-refractivity contribution in [1.82, 2.24) is 9.97 Å². The fraction of sp³-hybridized carbons (Fsp3) is 0.714. The summed E-state index contributed by atoms with van der Waals surface area (Å²) in [5.74, 6) is 1.71. The molecule has 0 aliphatic carbocycles. The number of rotatable bonds is 10. The molecule has 0 aliphatic rings. The molecule has 1 aromatic heterocycles. The number of aromatic nitrogens is 2. The highest BCUT2D eigenvalue weighted by Crippen LogP contribution is 2.22. The highest BCUT2D eigenvalue weighted by Gasteiger charge is 2.14. The molecule has 6 heteroatoms. The predicted molar refractivity (Wildman–Crippen MR) is 81.2 cm³/mol. The maximum absolute atomic E-state index is 9.11. The van der Waals surface area contributed by atoms with Crippen molar-refractivity contribution >= 4 is 11.6 Å². The largest absolute Gasteiger partial charge is 0.396 e. The Morgan fingerprint density at radius 3 is 2.65 bits per heavy atom. The van der Waals surface area contributed by atoms with Crippen LogP contribution in [-0.4, -0.2) is 48.0 Å². The number of aliphatic hydroxyl groups excluding tert-OH is 1. The van der Waals surface area contributed by atoms with E-state index in [1.54, 1.807) is 13.4 Å². The van der Waals surface area contributed by atoms with Gasteiger partial charge in [-0.05, 0) is 19.8 Å². The standard InChI is InChI=1S/C14H26N4O2/c1-4-6-12-13(15-5-2)16-10-17-14(12)18-11(7-8-19)9-20-3/h10-11,19H,4-9H2,1-3H3,(H2,15,16,17,18). The van der Waals surface area contributed by atoms with Crippen LogP contribution in [0.15, 0.2) is 6.33 Å². The Bertz CT molecular complexity index is 381. The van der Waals surface area contributed by atoms with Gasteiger partial charge in [0.05, 0.1) is 12.6 Å². The minimum atomic E-state index is 0.0463. The number of hydrogen-bond acceptors (Lipinski definition) is 6. The van der Waals surface area contributed by atoms with Crippen LogP contribution in [0.5, 0.6) is 0 Å². The number of hydrogen-bond donors (Lipinski definition) is 3. The zero-order chi connectivity index (χ0) is 14.8. The molecule has 0 saturated carbocycles. The molecule has 3 N–H and O–H groups in total. The monoisotopic (exact) mass is 282 g/mol. The SMILES string of the molecule is CCCc1c(NCC)ncnc1NC(CCO)COC. The van der Waals surface area contributed by atoms with Crippen molar-refractivity contribution in [2.45, 2.75) is 39.2 Å². The Hall–Kier alpha value is -1.40. The van der Waals surface area contributed by atoms with E-state index in [4.69, 9.17) is 9.84 Å². The van der Waals surface area contributed by atoms with E-state index < -0.39 is 0 Å². The van der Waals surface area contributed by atoms with Crippen LogP contribution < -0.4 is 10.6 Å². The molecule has 1 heterocycles. The summed E-state index contributed by atoms with van der Waals surface area (Å²) in [5.41, 5.74) is 1.09. The van der Waals surface area contributed by atoms with Gasteiger partial charge in [-0.1, -0.05) is 13.3 Å². The first-order valence-electron chi connectivity index (χ1n) is 7.20. The average Bonchev–Trinajstić information content (AvgIpc) is 2.43. The average molecular weight is 282 g/mol. The predicted octanol–water partition coefficient (Wildman–Crippen LogP) is 1.67. The van der Waals surface area contributed by atoms with E-state index >= 15 is 0 Å². The number of anilines is 2. The summed E-state index contributed by atoms with van der Waals surface area (Å²) in [7, 11) is 1.66. The molecule has 1 unspecified atom stereocenters. The van der Waals surface area contributed by atoms with Gasteiger partial charge in [-0.2, -0.15) is 0 Å². The maximum Gasteiger partial charge on any atom is 0.135 e. The molecule has 0 aromatic carbocycles. The van der Waals surface area contributed by atoms with Gasteiger partial charge in [0.25, 0.3) is 0 Å². The fourth-order valence-electron chi connectivity index (χ4n) is 2.09. The van der Waals surface area contributed by atoms with Gasteiger partial charge in [-0.15, -0.1) is 0 Å². The van der Waals surface area contributed by atoms with Gasteiger partial charge in [0, 0.05) is 25.8 Å². The van der Waals surface area contributed by atoms with Gasteiger partial charge in [-0.25, -0.2) is 9.97 Å². The van der Waals surface area contributed by atoms with Gasteiger partial charge in [-0.3, -0.25) is 0 Å². The zero-order valence-corrected chi connectivity index (χ0v) is 12.6. The Kier molecular flexibility index (Phi) is 7.91. The van der Waals surface area contributed by atoms with E-state index in [0.29, 0.717) is 13.0 Å². The zero-order valence-electron chi connectivity index (χ0n) is 12.6. The number of methoxy groups -OCH3 is 1. The van der Waals surface area contributed by atoms with Gasteiger partial charge >= 0.3 is 0 Å². The fourth-order valence-corrected chi connectivity index (χ4v) is 2.09. The summed E-state index contributed by atoms with van der Waals surface area (Å²) in [6.07, 6.45) is 4.11. The smallest absolute Gasteiger partial charge is 0.135 e. The second-order valence-corrected chi connectivity index (χ2v) is 4.64. The molecule has 6 nitrogen and oxygen atoms in total. The Labute approximate surface area is 121 Å². The van der Waals surface area contributed by atoms with Crippen molar-refractivity contribution in [3.8, 4) is 0 Å². The molecule has 0 radical (unpaired) electrons. The van der Waals surface area contributed by atoms with Gasteiger partial charge in [0.15, 0.2) is 0 Å². The Morgan fingerprint density at radius 2 is 2.05 bits per heavy atom. The van der Waals surface area contributed by atoms with Gasteiger partial charge in [0.1, 0.15) is 18.0 Å². The third kappa shape index (κ3) is 4.94. The van der Waals surface area contributed by atoms with Gasteiger partial charge < -0.3 is 20.5 Å². The summed E-state index contributed by atoms with van der Waals surface area (Å²) in [6.45, 7) is 5.66. The van der Waals surface area contributed by atoms with Crippen LogP contribution in [0, 0.1) is 0 Å². The summed E-state index contributed by atoms with van der Waals surface area (Å²) in [4.78, 5) is 8.65. The van der Waals surface area contributed by atoms with Crippen LogP contribution >= 0.6 is 0 Å². The summed E-state index contributed by atoms with van der Waals surface area (Å²) in [6, 6.07) is 0.0463. The molecular weight excluding hydrogens is 256 g/mol. The molecule has 0 saturated heterocycles. The van der Waals surface area contributed by atoms with Crippen molar-refractivity contribution in [3.63, 3.8) is 0 Å². The van der Waals surface area contributed by atoms with E-state index in [9.17, 15) is 0 Å². The highest BCUT2D eigenvalue weighted by molar-refractivity contribution is 5.57. The van der Waals surface area contributed by atoms with E-state index in [-0.39, 0.29) is 12.6 Å². The third-order valence-electron chi connectivity index (χ3n) is 2.98. The molecule has 0 fully saturated rings. The number of ether oxygens (including phenoxy) is 1.